The lowest BCUT2D eigenvalue weighted by Gasteiger charge is -2.60. The number of nitrogens with zero attached hydrogens (tertiary/aromatic N) is 4. The largest absolute Gasteiger partial charge is 0.351 e. The van der Waals surface area contributed by atoms with Crippen molar-refractivity contribution in [1.82, 2.24) is 30.2 Å². The van der Waals surface area contributed by atoms with Crippen LogP contribution in [0.2, 0.25) is 0 Å². The second-order valence-corrected chi connectivity index (χ2v) is 11.0. The van der Waals surface area contributed by atoms with E-state index in [4.69, 9.17) is 5.10 Å². The topological polar surface area (TPSA) is 93.8 Å². The number of carbonyl (C=O) groups is 2. The van der Waals surface area contributed by atoms with E-state index in [1.54, 1.807) is 24.0 Å². The predicted octanol–water partition coefficient (Wildman–Crippen LogP) is 3.39. The van der Waals surface area contributed by atoms with Crippen molar-refractivity contribution in [2.75, 3.05) is 0 Å². The maximum atomic E-state index is 13.6. The first-order valence-electron chi connectivity index (χ1n) is 12.7. The Bertz CT molecular complexity index is 1020. The Labute approximate surface area is 194 Å². The third-order valence-corrected chi connectivity index (χ3v) is 8.67. The van der Waals surface area contributed by atoms with Crippen LogP contribution in [0.25, 0.3) is 5.82 Å². The third kappa shape index (κ3) is 3.67. The third-order valence-electron chi connectivity index (χ3n) is 8.67. The number of carbonyl (C=O) groups excluding carboxylic acids is 2. The van der Waals surface area contributed by atoms with E-state index in [2.05, 4.69) is 15.7 Å². The van der Waals surface area contributed by atoms with E-state index >= 15 is 0 Å². The van der Waals surface area contributed by atoms with Crippen LogP contribution in [0.15, 0.2) is 24.7 Å². The molecule has 0 aliphatic heterocycles. The van der Waals surface area contributed by atoms with Gasteiger partial charge in [-0.05, 0) is 68.8 Å². The van der Waals surface area contributed by atoms with Gasteiger partial charge < -0.3 is 10.6 Å². The number of rotatable bonds is 5. The second-order valence-electron chi connectivity index (χ2n) is 11.0. The first kappa shape index (κ1) is 20.9. The molecule has 2 N–H and O–H groups in total. The molecule has 4 bridgehead atoms. The van der Waals surface area contributed by atoms with Gasteiger partial charge >= 0.3 is 0 Å². The maximum Gasteiger partial charge on any atom is 0.256 e. The molecule has 176 valence electrons. The minimum Gasteiger partial charge on any atom is -0.351 e. The van der Waals surface area contributed by atoms with Crippen molar-refractivity contribution in [2.24, 2.45) is 17.8 Å². The lowest BCUT2D eigenvalue weighted by molar-refractivity contribution is -0.125. The summed E-state index contributed by atoms with van der Waals surface area (Å²) in [6, 6.07) is 2.37. The fourth-order valence-electron chi connectivity index (χ4n) is 7.75. The number of aromatic nitrogens is 4. The predicted molar refractivity (Wildman–Crippen MR) is 123 cm³/mol. The van der Waals surface area contributed by atoms with E-state index in [9.17, 15) is 9.59 Å². The summed E-state index contributed by atoms with van der Waals surface area (Å²) in [5, 5.41) is 15.8. The fraction of sp³-hybridized carbons (Fsp3) is 0.680. The number of hydrogen-bond donors (Lipinski definition) is 2. The molecule has 5 fully saturated rings. The van der Waals surface area contributed by atoms with Crippen molar-refractivity contribution in [3.05, 3.63) is 30.2 Å². The lowest BCUT2D eigenvalue weighted by atomic mass is 9.51. The minimum atomic E-state index is -0.0599. The van der Waals surface area contributed by atoms with Crippen LogP contribution >= 0.6 is 0 Å². The summed E-state index contributed by atoms with van der Waals surface area (Å²) in [5.41, 5.74) is 0.546. The highest BCUT2D eigenvalue weighted by atomic mass is 16.2. The first-order chi connectivity index (χ1) is 16.0. The molecular weight excluding hydrogens is 416 g/mol. The van der Waals surface area contributed by atoms with E-state index in [1.807, 2.05) is 16.9 Å². The summed E-state index contributed by atoms with van der Waals surface area (Å²) in [7, 11) is 0. The van der Waals surface area contributed by atoms with Crippen molar-refractivity contribution in [3.63, 3.8) is 0 Å². The summed E-state index contributed by atoms with van der Waals surface area (Å²) < 4.78 is 3.82. The van der Waals surface area contributed by atoms with Crippen LogP contribution in [0.3, 0.4) is 0 Å². The highest BCUT2D eigenvalue weighted by Gasteiger charge is 2.56. The average Bonchev–Trinajstić information content (AvgIpc) is 3.45. The highest BCUT2D eigenvalue weighted by molar-refractivity contribution is 5.97. The van der Waals surface area contributed by atoms with Gasteiger partial charge in [-0.1, -0.05) is 19.3 Å². The zero-order valence-corrected chi connectivity index (χ0v) is 19.4. The van der Waals surface area contributed by atoms with Crippen LogP contribution in [0, 0.1) is 17.8 Å². The summed E-state index contributed by atoms with van der Waals surface area (Å²) >= 11 is 0. The van der Waals surface area contributed by atoms with Crippen molar-refractivity contribution in [3.8, 4) is 5.82 Å². The Kier molecular flexibility index (Phi) is 5.07. The van der Waals surface area contributed by atoms with Crippen molar-refractivity contribution >= 4 is 11.8 Å². The molecular formula is C25H34N6O2. The van der Waals surface area contributed by atoms with Gasteiger partial charge in [-0.2, -0.15) is 10.2 Å². The van der Waals surface area contributed by atoms with Gasteiger partial charge in [0.1, 0.15) is 5.56 Å². The van der Waals surface area contributed by atoms with Crippen LogP contribution in [-0.4, -0.2) is 43.0 Å². The molecule has 0 aromatic carbocycles. The Morgan fingerprint density at radius 2 is 1.82 bits per heavy atom. The molecule has 2 aromatic heterocycles. The molecule has 0 saturated heterocycles. The SMILES string of the molecule is CC(=O)NC12CC3C[C@H](C1)C(NC(=O)c1cnn(C4CCCCC4)c1-n1cccn1)[C@@H](C3)C2. The van der Waals surface area contributed by atoms with Crippen LogP contribution in [0.1, 0.15) is 87.5 Å². The maximum absolute atomic E-state index is 13.6. The molecule has 5 atom stereocenters. The van der Waals surface area contributed by atoms with Crippen LogP contribution < -0.4 is 10.6 Å². The molecule has 5 aliphatic carbocycles. The van der Waals surface area contributed by atoms with E-state index in [0.29, 0.717) is 29.4 Å². The quantitative estimate of drug-likeness (QED) is 0.730. The molecule has 0 spiro atoms. The van der Waals surface area contributed by atoms with Gasteiger partial charge in [0, 0.05) is 30.9 Å². The van der Waals surface area contributed by atoms with Gasteiger partial charge in [-0.15, -0.1) is 0 Å². The number of hydrogen-bond acceptors (Lipinski definition) is 4. The van der Waals surface area contributed by atoms with Gasteiger partial charge in [-0.3, -0.25) is 9.59 Å². The van der Waals surface area contributed by atoms with E-state index in [-0.39, 0.29) is 23.4 Å². The monoisotopic (exact) mass is 450 g/mol. The standard InChI is InChI=1S/C25H34N6O2/c1-16(32)29-25-12-17-10-18(13-25)22(19(11-17)14-25)28-23(33)21-15-27-31(20-6-3-2-4-7-20)24(21)30-9-5-8-26-30/h5,8-9,15,17-20,22H,2-4,6-7,10-14H2,1H3,(H,28,33)(H,29,32)/t17?,18-,19+,22?,25?. The lowest BCUT2D eigenvalue weighted by Crippen LogP contribution is -2.66. The van der Waals surface area contributed by atoms with Crippen molar-refractivity contribution in [2.45, 2.75) is 88.8 Å². The molecule has 2 amide bonds. The minimum absolute atomic E-state index is 0.0476. The Balaban J connectivity index is 1.26. The summed E-state index contributed by atoms with van der Waals surface area (Å²) in [6.45, 7) is 1.62. The average molecular weight is 451 g/mol. The first-order valence-corrected chi connectivity index (χ1v) is 12.7. The van der Waals surface area contributed by atoms with Crippen molar-refractivity contribution < 1.29 is 9.59 Å². The van der Waals surface area contributed by atoms with Crippen LogP contribution in [0.4, 0.5) is 0 Å². The highest BCUT2D eigenvalue weighted by Crippen LogP contribution is 2.55. The van der Waals surface area contributed by atoms with Gasteiger partial charge in [-0.25, -0.2) is 9.36 Å². The Morgan fingerprint density at radius 3 is 2.48 bits per heavy atom. The zero-order chi connectivity index (χ0) is 22.6. The molecule has 33 heavy (non-hydrogen) atoms. The van der Waals surface area contributed by atoms with E-state index < -0.39 is 0 Å². The van der Waals surface area contributed by atoms with Gasteiger partial charge in [0.15, 0.2) is 5.82 Å². The molecule has 3 unspecified atom stereocenters. The summed E-state index contributed by atoms with van der Waals surface area (Å²) in [4.78, 5) is 25.5. The summed E-state index contributed by atoms with van der Waals surface area (Å²) in [6.07, 6.45) is 16.6. The van der Waals surface area contributed by atoms with E-state index in [0.717, 1.165) is 50.8 Å². The summed E-state index contributed by atoms with van der Waals surface area (Å²) in [5.74, 6) is 2.31. The number of nitrogens with one attached hydrogen (secondary N) is 2. The Hall–Kier alpha value is -2.64. The van der Waals surface area contributed by atoms with Crippen LogP contribution in [0.5, 0.6) is 0 Å². The molecule has 0 radical (unpaired) electrons. The van der Waals surface area contributed by atoms with Gasteiger partial charge in [0.2, 0.25) is 5.91 Å². The van der Waals surface area contributed by atoms with Gasteiger partial charge in [0.05, 0.1) is 12.2 Å². The fourth-order valence-corrected chi connectivity index (χ4v) is 7.75. The molecule has 2 aromatic rings. The molecule has 8 heteroatoms. The zero-order valence-electron chi connectivity index (χ0n) is 19.4. The Morgan fingerprint density at radius 1 is 1.06 bits per heavy atom. The second kappa shape index (κ2) is 7.99. The number of amides is 2. The normalized spacial score (nSPS) is 33.2. The smallest absolute Gasteiger partial charge is 0.256 e. The molecule has 7 rings (SSSR count). The van der Waals surface area contributed by atoms with E-state index in [1.165, 1.54) is 19.3 Å². The molecule has 8 nitrogen and oxygen atoms in total. The molecule has 2 heterocycles. The van der Waals surface area contributed by atoms with Crippen molar-refractivity contribution in [1.29, 1.82) is 0 Å². The molecule has 5 aliphatic rings. The molecule has 5 saturated carbocycles. The van der Waals surface area contributed by atoms with Crippen LogP contribution in [-0.2, 0) is 4.79 Å². The van der Waals surface area contributed by atoms with Gasteiger partial charge in [0.25, 0.3) is 5.91 Å².